The number of aryl methyl sites for hydroxylation is 1. The van der Waals surface area contributed by atoms with Crippen molar-refractivity contribution in [1.82, 2.24) is 0 Å². The van der Waals surface area contributed by atoms with Gasteiger partial charge in [-0.15, -0.1) is 12.4 Å². The number of rotatable bonds is 3. The molecule has 1 fully saturated rings. The van der Waals surface area contributed by atoms with Crippen LogP contribution in [0.5, 0.6) is 5.75 Å². The van der Waals surface area contributed by atoms with E-state index in [2.05, 4.69) is 6.07 Å². The third-order valence-electron chi connectivity index (χ3n) is 2.66. The average Bonchev–Trinajstić information content (AvgIpc) is 2.95. The summed E-state index contributed by atoms with van der Waals surface area (Å²) in [6, 6.07) is 7.67. The van der Waals surface area contributed by atoms with Crippen molar-refractivity contribution in [2.75, 3.05) is 6.61 Å². The highest BCUT2D eigenvalue weighted by Gasteiger charge is 2.39. The fourth-order valence-electron chi connectivity index (χ4n) is 1.37. The molecule has 4 heteroatoms. The summed E-state index contributed by atoms with van der Waals surface area (Å²) in [4.78, 5) is 0. The molecule has 16 heavy (non-hydrogen) atoms. The summed E-state index contributed by atoms with van der Waals surface area (Å²) in [5, 5.41) is 8.89. The van der Waals surface area contributed by atoms with E-state index in [1.165, 1.54) is 0 Å². The van der Waals surface area contributed by atoms with Crippen LogP contribution in [0.3, 0.4) is 0 Å². The van der Waals surface area contributed by atoms with Crippen LogP contribution in [0.15, 0.2) is 18.2 Å². The predicted molar refractivity (Wildman–Crippen MR) is 64.8 cm³/mol. The van der Waals surface area contributed by atoms with Gasteiger partial charge in [0.05, 0.1) is 11.1 Å². The number of hydrogen-bond acceptors (Lipinski definition) is 3. The monoisotopic (exact) mass is 238 g/mol. The van der Waals surface area contributed by atoms with Crippen molar-refractivity contribution in [3.8, 4) is 11.8 Å². The molecule has 2 N–H and O–H groups in total. The van der Waals surface area contributed by atoms with Crippen LogP contribution >= 0.6 is 12.4 Å². The zero-order valence-electron chi connectivity index (χ0n) is 9.19. The zero-order chi connectivity index (χ0) is 10.9. The molecule has 1 saturated carbocycles. The lowest BCUT2D eigenvalue weighted by Gasteiger charge is -2.12. The summed E-state index contributed by atoms with van der Waals surface area (Å²) in [7, 11) is 0. The second-order valence-corrected chi connectivity index (χ2v) is 4.26. The first-order chi connectivity index (χ1) is 7.13. The molecule has 0 unspecified atom stereocenters. The number of ether oxygens (including phenoxy) is 1. The minimum atomic E-state index is -0.142. The van der Waals surface area contributed by atoms with E-state index in [0.29, 0.717) is 17.9 Å². The van der Waals surface area contributed by atoms with Crippen molar-refractivity contribution >= 4 is 12.4 Å². The Kier molecular flexibility index (Phi) is 3.79. The normalized spacial score (nSPS) is 15.8. The Balaban J connectivity index is 0.00000128. The Morgan fingerprint density at radius 3 is 2.75 bits per heavy atom. The first-order valence-electron chi connectivity index (χ1n) is 5.05. The fraction of sp³-hybridized carbons (Fsp3) is 0.417. The third-order valence-corrected chi connectivity index (χ3v) is 2.66. The van der Waals surface area contributed by atoms with Crippen LogP contribution in [0.1, 0.15) is 24.0 Å². The molecule has 0 atom stereocenters. The van der Waals surface area contributed by atoms with Crippen molar-refractivity contribution in [3.63, 3.8) is 0 Å². The predicted octanol–water partition coefficient (Wildman–Crippen LogP) is 2.16. The van der Waals surface area contributed by atoms with Gasteiger partial charge in [-0.3, -0.25) is 0 Å². The Hall–Kier alpha value is -1.24. The van der Waals surface area contributed by atoms with Gasteiger partial charge < -0.3 is 10.5 Å². The average molecular weight is 239 g/mol. The SMILES string of the molecule is Cc1ccc(C#N)c(OCC2(N)CC2)c1.Cl. The molecule has 3 nitrogen and oxygen atoms in total. The number of halogens is 1. The zero-order valence-corrected chi connectivity index (χ0v) is 10.0. The van der Waals surface area contributed by atoms with Crippen LogP contribution in [-0.4, -0.2) is 12.1 Å². The Morgan fingerprint density at radius 2 is 2.19 bits per heavy atom. The van der Waals surface area contributed by atoms with Gasteiger partial charge in [-0.1, -0.05) is 6.07 Å². The van der Waals surface area contributed by atoms with Crippen LogP contribution in [0, 0.1) is 18.3 Å². The van der Waals surface area contributed by atoms with Crippen molar-refractivity contribution in [3.05, 3.63) is 29.3 Å². The van der Waals surface area contributed by atoms with Gasteiger partial charge in [-0.05, 0) is 37.5 Å². The number of nitrogens with zero attached hydrogens (tertiary/aromatic N) is 1. The largest absolute Gasteiger partial charge is 0.490 e. The van der Waals surface area contributed by atoms with E-state index in [1.54, 1.807) is 6.07 Å². The highest BCUT2D eigenvalue weighted by Crippen LogP contribution is 2.33. The van der Waals surface area contributed by atoms with Gasteiger partial charge in [0.1, 0.15) is 18.4 Å². The van der Waals surface area contributed by atoms with Gasteiger partial charge >= 0.3 is 0 Å². The van der Waals surface area contributed by atoms with Crippen molar-refractivity contribution in [2.24, 2.45) is 5.73 Å². The smallest absolute Gasteiger partial charge is 0.137 e. The lowest BCUT2D eigenvalue weighted by atomic mass is 10.1. The number of hydrogen-bond donors (Lipinski definition) is 1. The standard InChI is InChI=1S/C12H14N2O.ClH/c1-9-2-3-10(7-13)11(6-9)15-8-12(14)4-5-12;/h2-3,6H,4-5,8,14H2,1H3;1H. The summed E-state index contributed by atoms with van der Waals surface area (Å²) in [6.07, 6.45) is 2.03. The fourth-order valence-corrected chi connectivity index (χ4v) is 1.37. The van der Waals surface area contributed by atoms with Crippen LogP contribution in [0.2, 0.25) is 0 Å². The highest BCUT2D eigenvalue weighted by atomic mass is 35.5. The maximum absolute atomic E-state index is 8.89. The molecular formula is C12H15ClN2O. The van der Waals surface area contributed by atoms with Crippen molar-refractivity contribution in [2.45, 2.75) is 25.3 Å². The number of nitriles is 1. The second-order valence-electron chi connectivity index (χ2n) is 4.26. The Bertz CT molecular complexity index is 422. The molecule has 1 aromatic rings. The van der Waals surface area contributed by atoms with E-state index in [4.69, 9.17) is 15.7 Å². The van der Waals surface area contributed by atoms with E-state index >= 15 is 0 Å². The van der Waals surface area contributed by atoms with Gasteiger partial charge in [0.25, 0.3) is 0 Å². The van der Waals surface area contributed by atoms with Gasteiger partial charge in [-0.2, -0.15) is 5.26 Å². The molecule has 0 amide bonds. The summed E-state index contributed by atoms with van der Waals surface area (Å²) in [5.74, 6) is 0.647. The molecule has 86 valence electrons. The molecule has 0 heterocycles. The molecule has 0 saturated heterocycles. The van der Waals surface area contributed by atoms with E-state index in [9.17, 15) is 0 Å². The molecule has 0 spiro atoms. The van der Waals surface area contributed by atoms with Crippen LogP contribution < -0.4 is 10.5 Å². The Labute approximate surface area is 102 Å². The molecule has 1 aromatic carbocycles. The van der Waals surface area contributed by atoms with E-state index < -0.39 is 0 Å². The van der Waals surface area contributed by atoms with Crippen LogP contribution in [-0.2, 0) is 0 Å². The maximum Gasteiger partial charge on any atom is 0.137 e. The Morgan fingerprint density at radius 1 is 1.50 bits per heavy atom. The molecule has 1 aliphatic rings. The molecule has 0 radical (unpaired) electrons. The maximum atomic E-state index is 8.89. The van der Waals surface area contributed by atoms with Gasteiger partial charge in [0, 0.05) is 0 Å². The number of nitrogens with two attached hydrogens (primary N) is 1. The lowest BCUT2D eigenvalue weighted by Crippen LogP contribution is -2.29. The lowest BCUT2D eigenvalue weighted by molar-refractivity contribution is 0.278. The topological polar surface area (TPSA) is 59.0 Å². The first-order valence-corrected chi connectivity index (χ1v) is 5.05. The van der Waals surface area contributed by atoms with Gasteiger partial charge in [0.2, 0.25) is 0 Å². The number of benzene rings is 1. The van der Waals surface area contributed by atoms with Gasteiger partial charge in [0.15, 0.2) is 0 Å². The molecule has 0 aliphatic heterocycles. The summed E-state index contributed by atoms with van der Waals surface area (Å²) in [6.45, 7) is 2.48. The van der Waals surface area contributed by atoms with Crippen molar-refractivity contribution in [1.29, 1.82) is 5.26 Å². The molecule has 2 rings (SSSR count). The minimum Gasteiger partial charge on any atom is -0.490 e. The molecular weight excluding hydrogens is 224 g/mol. The highest BCUT2D eigenvalue weighted by molar-refractivity contribution is 5.85. The third kappa shape index (κ3) is 2.88. The van der Waals surface area contributed by atoms with Crippen LogP contribution in [0.25, 0.3) is 0 Å². The molecule has 0 bridgehead atoms. The summed E-state index contributed by atoms with van der Waals surface area (Å²) in [5.41, 5.74) is 7.44. The molecule has 1 aliphatic carbocycles. The second kappa shape index (κ2) is 4.73. The minimum absolute atomic E-state index is 0. The quantitative estimate of drug-likeness (QED) is 0.878. The first kappa shape index (κ1) is 12.8. The van der Waals surface area contributed by atoms with E-state index in [0.717, 1.165) is 18.4 Å². The van der Waals surface area contributed by atoms with Crippen molar-refractivity contribution < 1.29 is 4.74 Å². The summed E-state index contributed by atoms with van der Waals surface area (Å²) >= 11 is 0. The van der Waals surface area contributed by atoms with Gasteiger partial charge in [-0.25, -0.2) is 0 Å². The van der Waals surface area contributed by atoms with E-state index in [1.807, 2.05) is 19.1 Å². The van der Waals surface area contributed by atoms with E-state index in [-0.39, 0.29) is 17.9 Å². The molecule has 0 aromatic heterocycles. The summed E-state index contributed by atoms with van der Waals surface area (Å²) < 4.78 is 5.59. The van der Waals surface area contributed by atoms with Crippen LogP contribution in [0.4, 0.5) is 0 Å².